The minimum Gasteiger partial charge on any atom is -0.379 e. The number of hydrazone groups is 1. The molecule has 7 nitrogen and oxygen atoms in total. The van der Waals surface area contributed by atoms with Crippen LogP contribution in [0.15, 0.2) is 58.5 Å². The number of ether oxygens (including phenoxy) is 1. The molecule has 1 amide bonds. The first-order valence-electron chi connectivity index (χ1n) is 8.55. The second-order valence-electron chi connectivity index (χ2n) is 6.15. The van der Waals surface area contributed by atoms with Gasteiger partial charge in [0.2, 0.25) is 10.0 Å². The maximum atomic E-state index is 12.7. The third-order valence-electron chi connectivity index (χ3n) is 4.16. The van der Waals surface area contributed by atoms with Gasteiger partial charge in [-0.1, -0.05) is 35.9 Å². The number of benzene rings is 2. The highest BCUT2D eigenvalue weighted by Crippen LogP contribution is 2.18. The average molecular weight is 387 g/mol. The average Bonchev–Trinajstić information content (AvgIpc) is 2.70. The second kappa shape index (κ2) is 8.43. The number of morpholine rings is 1. The normalized spacial score (nSPS) is 15.7. The molecule has 0 saturated carbocycles. The van der Waals surface area contributed by atoms with Crippen LogP contribution in [0.5, 0.6) is 0 Å². The van der Waals surface area contributed by atoms with E-state index in [1.165, 1.54) is 22.7 Å². The number of nitrogens with zero attached hydrogens (tertiary/aromatic N) is 2. The highest BCUT2D eigenvalue weighted by Gasteiger charge is 2.26. The number of hydrogen-bond acceptors (Lipinski definition) is 5. The Kier molecular flexibility index (Phi) is 6.00. The molecule has 0 spiro atoms. The van der Waals surface area contributed by atoms with E-state index in [0.29, 0.717) is 26.3 Å². The van der Waals surface area contributed by atoms with Crippen molar-refractivity contribution in [3.05, 3.63) is 65.2 Å². The zero-order valence-electron chi connectivity index (χ0n) is 15.0. The number of sulfonamides is 1. The number of carbonyl (C=O) groups is 1. The van der Waals surface area contributed by atoms with Crippen LogP contribution in [0.4, 0.5) is 0 Å². The van der Waals surface area contributed by atoms with Gasteiger partial charge >= 0.3 is 0 Å². The Morgan fingerprint density at radius 3 is 2.56 bits per heavy atom. The molecule has 1 fully saturated rings. The van der Waals surface area contributed by atoms with E-state index in [2.05, 4.69) is 10.5 Å². The molecule has 0 aliphatic carbocycles. The Labute approximate surface area is 158 Å². The summed E-state index contributed by atoms with van der Waals surface area (Å²) >= 11 is 0. The van der Waals surface area contributed by atoms with Gasteiger partial charge in [0.05, 0.1) is 24.3 Å². The summed E-state index contributed by atoms with van der Waals surface area (Å²) in [5, 5.41) is 3.93. The summed E-state index contributed by atoms with van der Waals surface area (Å²) in [6, 6.07) is 13.6. The van der Waals surface area contributed by atoms with Crippen molar-refractivity contribution in [2.75, 3.05) is 26.3 Å². The third kappa shape index (κ3) is 4.79. The summed E-state index contributed by atoms with van der Waals surface area (Å²) in [6.07, 6.45) is 1.53. The van der Waals surface area contributed by atoms with Crippen molar-refractivity contribution < 1.29 is 17.9 Å². The van der Waals surface area contributed by atoms with Crippen molar-refractivity contribution in [3.63, 3.8) is 0 Å². The summed E-state index contributed by atoms with van der Waals surface area (Å²) in [5.74, 6) is -0.475. The van der Waals surface area contributed by atoms with Crippen LogP contribution in [0, 0.1) is 6.92 Å². The molecule has 0 aromatic heterocycles. The Bertz CT molecular complexity index is 934. The van der Waals surface area contributed by atoms with Gasteiger partial charge in [-0.2, -0.15) is 9.41 Å². The molecule has 0 atom stereocenters. The molecule has 1 aliphatic rings. The van der Waals surface area contributed by atoms with Crippen LogP contribution >= 0.6 is 0 Å². The fourth-order valence-corrected chi connectivity index (χ4v) is 4.07. The zero-order valence-corrected chi connectivity index (χ0v) is 15.8. The number of hydrogen-bond donors (Lipinski definition) is 1. The van der Waals surface area contributed by atoms with E-state index in [0.717, 1.165) is 11.1 Å². The van der Waals surface area contributed by atoms with E-state index in [9.17, 15) is 13.2 Å². The van der Waals surface area contributed by atoms with Crippen molar-refractivity contribution in [3.8, 4) is 0 Å². The van der Waals surface area contributed by atoms with E-state index in [-0.39, 0.29) is 10.5 Å². The number of rotatable bonds is 5. The maximum Gasteiger partial charge on any atom is 0.271 e. The van der Waals surface area contributed by atoms with Gasteiger partial charge in [0.15, 0.2) is 0 Å². The molecule has 0 bridgehead atoms. The van der Waals surface area contributed by atoms with Crippen molar-refractivity contribution in [2.24, 2.45) is 5.10 Å². The molecule has 27 heavy (non-hydrogen) atoms. The van der Waals surface area contributed by atoms with Crippen LogP contribution in [-0.4, -0.2) is 51.1 Å². The van der Waals surface area contributed by atoms with Gasteiger partial charge in [-0.15, -0.1) is 0 Å². The lowest BCUT2D eigenvalue weighted by Crippen LogP contribution is -2.40. The van der Waals surface area contributed by atoms with Crippen molar-refractivity contribution >= 4 is 22.1 Å². The van der Waals surface area contributed by atoms with Gasteiger partial charge in [0.1, 0.15) is 0 Å². The number of nitrogens with one attached hydrogen (secondary N) is 1. The highest BCUT2D eigenvalue weighted by atomic mass is 32.2. The Morgan fingerprint density at radius 2 is 1.85 bits per heavy atom. The minimum absolute atomic E-state index is 0.0829. The first-order chi connectivity index (χ1) is 13.0. The zero-order chi connectivity index (χ0) is 19.3. The lowest BCUT2D eigenvalue weighted by atomic mass is 10.2. The predicted molar refractivity (Wildman–Crippen MR) is 102 cm³/mol. The van der Waals surface area contributed by atoms with Gasteiger partial charge in [-0.25, -0.2) is 13.8 Å². The quantitative estimate of drug-likeness (QED) is 0.626. The summed E-state index contributed by atoms with van der Waals surface area (Å²) in [5.41, 5.74) is 4.63. The van der Waals surface area contributed by atoms with Gasteiger partial charge in [0.25, 0.3) is 5.91 Å². The molecule has 1 saturated heterocycles. The predicted octanol–water partition coefficient (Wildman–Crippen LogP) is 1.78. The summed E-state index contributed by atoms with van der Waals surface area (Å²) in [7, 11) is -3.65. The summed E-state index contributed by atoms with van der Waals surface area (Å²) < 4.78 is 32.0. The smallest absolute Gasteiger partial charge is 0.271 e. The molecule has 0 unspecified atom stereocenters. The van der Waals surface area contributed by atoms with Crippen LogP contribution in [-0.2, 0) is 14.8 Å². The van der Waals surface area contributed by atoms with Crippen LogP contribution in [0.25, 0.3) is 0 Å². The topological polar surface area (TPSA) is 88.1 Å². The Hall–Kier alpha value is -2.55. The van der Waals surface area contributed by atoms with Crippen LogP contribution in [0.3, 0.4) is 0 Å². The molecule has 1 aliphatic heterocycles. The Balaban J connectivity index is 1.70. The van der Waals surface area contributed by atoms with E-state index in [4.69, 9.17) is 4.74 Å². The Morgan fingerprint density at radius 1 is 1.15 bits per heavy atom. The van der Waals surface area contributed by atoms with Crippen molar-refractivity contribution in [1.82, 2.24) is 9.73 Å². The maximum absolute atomic E-state index is 12.7. The fourth-order valence-electron chi connectivity index (χ4n) is 2.62. The number of carbonyl (C=O) groups excluding carboxylic acids is 1. The first-order valence-corrected chi connectivity index (χ1v) is 9.99. The van der Waals surface area contributed by atoms with Gasteiger partial charge in [0, 0.05) is 18.7 Å². The lowest BCUT2D eigenvalue weighted by molar-refractivity contribution is 0.0730. The van der Waals surface area contributed by atoms with E-state index in [1.54, 1.807) is 12.1 Å². The lowest BCUT2D eigenvalue weighted by Gasteiger charge is -2.26. The van der Waals surface area contributed by atoms with Crippen molar-refractivity contribution in [2.45, 2.75) is 11.8 Å². The van der Waals surface area contributed by atoms with Crippen LogP contribution < -0.4 is 5.43 Å². The van der Waals surface area contributed by atoms with Crippen LogP contribution in [0.2, 0.25) is 0 Å². The summed E-state index contributed by atoms with van der Waals surface area (Å²) in [6.45, 7) is 3.33. The van der Waals surface area contributed by atoms with E-state index in [1.807, 2.05) is 31.2 Å². The molecule has 142 valence electrons. The third-order valence-corrected chi connectivity index (χ3v) is 6.06. The molecule has 2 aromatic rings. The monoisotopic (exact) mass is 387 g/mol. The summed E-state index contributed by atoms with van der Waals surface area (Å²) in [4.78, 5) is 12.4. The molecule has 1 N–H and O–H groups in total. The molecular formula is C19H21N3O4S. The van der Waals surface area contributed by atoms with Gasteiger partial charge in [-0.05, 0) is 30.7 Å². The standard InChI is InChI=1S/C19H21N3O4S/c1-15-5-7-16(8-6-15)14-20-21-19(23)17-3-2-4-18(13-17)27(24,25)22-9-11-26-12-10-22/h2-8,13-14H,9-12H2,1H3,(H,21,23)/b20-14-. The number of amides is 1. The van der Waals surface area contributed by atoms with Crippen LogP contribution in [0.1, 0.15) is 21.5 Å². The molecule has 3 rings (SSSR count). The second-order valence-corrected chi connectivity index (χ2v) is 8.09. The van der Waals surface area contributed by atoms with Gasteiger partial charge < -0.3 is 4.74 Å². The largest absolute Gasteiger partial charge is 0.379 e. The fraction of sp³-hybridized carbons (Fsp3) is 0.263. The highest BCUT2D eigenvalue weighted by molar-refractivity contribution is 7.89. The SMILES string of the molecule is Cc1ccc(/C=N\NC(=O)c2cccc(S(=O)(=O)N3CCOCC3)c2)cc1. The van der Waals surface area contributed by atoms with Crippen molar-refractivity contribution in [1.29, 1.82) is 0 Å². The van der Waals surface area contributed by atoms with E-state index < -0.39 is 15.9 Å². The first kappa shape index (κ1) is 19.2. The number of aryl methyl sites for hydroxylation is 1. The molecule has 2 aromatic carbocycles. The molecule has 8 heteroatoms. The van der Waals surface area contributed by atoms with E-state index >= 15 is 0 Å². The molecular weight excluding hydrogens is 366 g/mol. The van der Waals surface area contributed by atoms with Gasteiger partial charge in [-0.3, -0.25) is 4.79 Å². The molecule has 0 radical (unpaired) electrons. The molecule has 1 heterocycles. The minimum atomic E-state index is -3.65.